The van der Waals surface area contributed by atoms with Crippen molar-refractivity contribution in [2.24, 2.45) is 7.05 Å². The predicted molar refractivity (Wildman–Crippen MR) is 102 cm³/mol. The molecule has 4 heterocycles. The maximum absolute atomic E-state index is 4.50. The lowest BCUT2D eigenvalue weighted by molar-refractivity contribution is 0.243. The quantitative estimate of drug-likeness (QED) is 0.763. The Hall–Kier alpha value is -2.73. The van der Waals surface area contributed by atoms with Gasteiger partial charge in [-0.2, -0.15) is 0 Å². The van der Waals surface area contributed by atoms with Gasteiger partial charge in [-0.3, -0.25) is 4.90 Å². The molecule has 1 aliphatic heterocycles. The van der Waals surface area contributed by atoms with Gasteiger partial charge < -0.3 is 9.88 Å². The Kier molecular flexibility index (Phi) is 4.67. The van der Waals surface area contributed by atoms with Crippen LogP contribution in [-0.4, -0.2) is 31.0 Å². The van der Waals surface area contributed by atoms with Crippen molar-refractivity contribution in [2.45, 2.75) is 32.4 Å². The number of likely N-dealkylation sites (tertiary alicyclic amines) is 1. The van der Waals surface area contributed by atoms with E-state index >= 15 is 0 Å². The zero-order valence-electron chi connectivity index (χ0n) is 15.3. The van der Waals surface area contributed by atoms with E-state index in [1.54, 1.807) is 0 Å². The van der Waals surface area contributed by atoms with E-state index in [1.165, 1.54) is 24.1 Å². The van der Waals surface area contributed by atoms with Crippen LogP contribution in [-0.2, 0) is 13.6 Å². The van der Waals surface area contributed by atoms with Crippen molar-refractivity contribution < 1.29 is 0 Å². The number of anilines is 2. The molecule has 26 heavy (non-hydrogen) atoms. The van der Waals surface area contributed by atoms with Crippen molar-refractivity contribution in [3.63, 3.8) is 0 Å². The molecule has 6 nitrogen and oxygen atoms in total. The lowest BCUT2D eigenvalue weighted by atomic mass is 10.1. The highest BCUT2D eigenvalue weighted by atomic mass is 15.2. The molecule has 0 bridgehead atoms. The van der Waals surface area contributed by atoms with Gasteiger partial charge in [-0.15, -0.1) is 0 Å². The number of nitrogens with one attached hydrogen (secondary N) is 1. The third kappa shape index (κ3) is 3.60. The van der Waals surface area contributed by atoms with E-state index < -0.39 is 0 Å². The van der Waals surface area contributed by atoms with Crippen LogP contribution in [0, 0.1) is 6.92 Å². The smallest absolute Gasteiger partial charge is 0.131 e. The van der Waals surface area contributed by atoms with Gasteiger partial charge in [-0.1, -0.05) is 6.07 Å². The average Bonchev–Trinajstić information content (AvgIpc) is 3.25. The SMILES string of the molecule is Cc1cccc(Nc2cc([C@@H]3CCCN3Cc3cncn3C)ccn2)n1. The summed E-state index contributed by atoms with van der Waals surface area (Å²) in [5, 5.41) is 3.32. The number of aryl methyl sites for hydroxylation is 2. The van der Waals surface area contributed by atoms with E-state index in [2.05, 4.69) is 48.9 Å². The van der Waals surface area contributed by atoms with Gasteiger partial charge in [0.05, 0.1) is 12.0 Å². The average molecular weight is 348 g/mol. The van der Waals surface area contributed by atoms with Crippen LogP contribution in [0.2, 0.25) is 0 Å². The van der Waals surface area contributed by atoms with E-state index in [0.29, 0.717) is 6.04 Å². The van der Waals surface area contributed by atoms with Crippen LogP contribution < -0.4 is 5.32 Å². The maximum atomic E-state index is 4.50. The largest absolute Gasteiger partial charge is 0.337 e. The highest BCUT2D eigenvalue weighted by Gasteiger charge is 2.26. The zero-order chi connectivity index (χ0) is 17.9. The van der Waals surface area contributed by atoms with E-state index in [9.17, 15) is 0 Å². The van der Waals surface area contributed by atoms with Crippen molar-refractivity contribution >= 4 is 11.6 Å². The molecule has 1 aliphatic rings. The Morgan fingerprint density at radius 1 is 1.23 bits per heavy atom. The summed E-state index contributed by atoms with van der Waals surface area (Å²) >= 11 is 0. The number of rotatable bonds is 5. The monoisotopic (exact) mass is 348 g/mol. The Bertz CT molecular complexity index is 887. The molecular formula is C20H24N6. The van der Waals surface area contributed by atoms with Gasteiger partial charge in [0.1, 0.15) is 11.6 Å². The minimum absolute atomic E-state index is 0.416. The summed E-state index contributed by atoms with van der Waals surface area (Å²) in [6.07, 6.45) is 8.09. The molecule has 3 aromatic rings. The molecule has 1 saturated heterocycles. The van der Waals surface area contributed by atoms with Crippen molar-refractivity contribution in [2.75, 3.05) is 11.9 Å². The van der Waals surface area contributed by atoms with Gasteiger partial charge in [0.25, 0.3) is 0 Å². The second-order valence-corrected chi connectivity index (χ2v) is 6.89. The van der Waals surface area contributed by atoms with E-state index in [4.69, 9.17) is 0 Å². The van der Waals surface area contributed by atoms with Gasteiger partial charge in [0.2, 0.25) is 0 Å². The van der Waals surface area contributed by atoms with Crippen molar-refractivity contribution in [1.29, 1.82) is 0 Å². The summed E-state index contributed by atoms with van der Waals surface area (Å²) in [6.45, 7) is 4.02. The number of hydrogen-bond acceptors (Lipinski definition) is 5. The van der Waals surface area contributed by atoms with Crippen LogP contribution in [0.4, 0.5) is 11.6 Å². The fraction of sp³-hybridized carbons (Fsp3) is 0.350. The normalized spacial score (nSPS) is 17.5. The van der Waals surface area contributed by atoms with Crippen LogP contribution >= 0.6 is 0 Å². The molecule has 0 amide bonds. The molecule has 1 atom stereocenters. The lowest BCUT2D eigenvalue weighted by Crippen LogP contribution is -2.24. The minimum atomic E-state index is 0.416. The topological polar surface area (TPSA) is 58.9 Å². The first kappa shape index (κ1) is 16.7. The van der Waals surface area contributed by atoms with Gasteiger partial charge in [0, 0.05) is 37.7 Å². The van der Waals surface area contributed by atoms with Crippen LogP contribution in [0.3, 0.4) is 0 Å². The third-order valence-corrected chi connectivity index (χ3v) is 4.96. The van der Waals surface area contributed by atoms with E-state index in [1.807, 2.05) is 43.8 Å². The maximum Gasteiger partial charge on any atom is 0.131 e. The van der Waals surface area contributed by atoms with Gasteiger partial charge in [-0.25, -0.2) is 15.0 Å². The summed E-state index contributed by atoms with van der Waals surface area (Å²) in [6, 6.07) is 10.6. The molecule has 134 valence electrons. The molecule has 0 saturated carbocycles. The van der Waals surface area contributed by atoms with Crippen molar-refractivity contribution in [3.8, 4) is 0 Å². The highest BCUT2D eigenvalue weighted by molar-refractivity contribution is 5.52. The van der Waals surface area contributed by atoms with E-state index in [0.717, 1.165) is 30.4 Å². The molecule has 3 aromatic heterocycles. The molecule has 4 rings (SSSR count). The first-order chi connectivity index (χ1) is 12.7. The molecule has 1 fully saturated rings. The molecule has 0 aromatic carbocycles. The number of hydrogen-bond donors (Lipinski definition) is 1. The third-order valence-electron chi connectivity index (χ3n) is 4.96. The Balaban J connectivity index is 1.52. The first-order valence-electron chi connectivity index (χ1n) is 9.05. The molecular weight excluding hydrogens is 324 g/mol. The molecule has 0 aliphatic carbocycles. The Labute approximate surface area is 153 Å². The summed E-state index contributed by atoms with van der Waals surface area (Å²) in [4.78, 5) is 15.7. The molecule has 6 heteroatoms. The lowest BCUT2D eigenvalue weighted by Gasteiger charge is -2.25. The molecule has 0 spiro atoms. The van der Waals surface area contributed by atoms with Crippen molar-refractivity contribution in [3.05, 3.63) is 66.0 Å². The Morgan fingerprint density at radius 3 is 2.96 bits per heavy atom. The standard InChI is InChI=1S/C20H24N6/c1-15-5-3-7-19(23-15)24-20-11-16(8-9-22-20)18-6-4-10-26(18)13-17-12-21-14-25(17)2/h3,5,7-9,11-12,14,18H,4,6,10,13H2,1-2H3,(H,22,23,24)/t18-/m0/s1. The van der Waals surface area contributed by atoms with Crippen LogP contribution in [0.1, 0.15) is 35.8 Å². The van der Waals surface area contributed by atoms with Crippen LogP contribution in [0.15, 0.2) is 49.1 Å². The molecule has 0 unspecified atom stereocenters. The number of imidazole rings is 1. The fourth-order valence-electron chi connectivity index (χ4n) is 3.60. The number of pyridine rings is 2. The summed E-state index contributed by atoms with van der Waals surface area (Å²) in [5.74, 6) is 1.67. The number of aromatic nitrogens is 4. The van der Waals surface area contributed by atoms with Crippen molar-refractivity contribution in [1.82, 2.24) is 24.4 Å². The molecule has 0 radical (unpaired) electrons. The Morgan fingerprint density at radius 2 is 2.15 bits per heavy atom. The predicted octanol–water partition coefficient (Wildman–Crippen LogP) is 3.60. The second-order valence-electron chi connectivity index (χ2n) is 6.89. The summed E-state index contributed by atoms with van der Waals surface area (Å²) < 4.78 is 2.10. The van der Waals surface area contributed by atoms with Crippen LogP contribution in [0.5, 0.6) is 0 Å². The molecule has 1 N–H and O–H groups in total. The van der Waals surface area contributed by atoms with Gasteiger partial charge in [-0.05, 0) is 56.1 Å². The second kappa shape index (κ2) is 7.25. The van der Waals surface area contributed by atoms with Crippen LogP contribution in [0.25, 0.3) is 0 Å². The van der Waals surface area contributed by atoms with E-state index in [-0.39, 0.29) is 0 Å². The summed E-state index contributed by atoms with van der Waals surface area (Å²) in [5.41, 5.74) is 3.53. The first-order valence-corrected chi connectivity index (χ1v) is 9.05. The van der Waals surface area contributed by atoms with Gasteiger partial charge >= 0.3 is 0 Å². The highest BCUT2D eigenvalue weighted by Crippen LogP contribution is 2.33. The van der Waals surface area contributed by atoms with Gasteiger partial charge in [0.15, 0.2) is 0 Å². The number of nitrogens with zero attached hydrogens (tertiary/aromatic N) is 5. The fourth-order valence-corrected chi connectivity index (χ4v) is 3.60. The minimum Gasteiger partial charge on any atom is -0.337 e. The zero-order valence-corrected chi connectivity index (χ0v) is 15.3. The summed E-state index contributed by atoms with van der Waals surface area (Å²) in [7, 11) is 2.05.